The third kappa shape index (κ3) is 4.80. The number of aryl methyl sites for hydroxylation is 1. The van der Waals surface area contributed by atoms with Gasteiger partial charge >= 0.3 is 0 Å². The van der Waals surface area contributed by atoms with Crippen molar-refractivity contribution < 1.29 is 14.7 Å². The second kappa shape index (κ2) is 10.6. The largest absolute Gasteiger partial charge is 0.483 e. The van der Waals surface area contributed by atoms with E-state index in [1.54, 1.807) is 0 Å². The molecule has 166 valence electrons. The molecule has 32 heavy (non-hydrogen) atoms. The van der Waals surface area contributed by atoms with Crippen LogP contribution in [0.1, 0.15) is 29.7 Å². The standard InChI is InChI=1S/C25H27N3O.CH2O2/c1-17-23(21-14-8-9-15-22(21)28(17)2)24(26)19-12-6-7-13-20(19)25(29)27-16-18-10-4-3-5-11-18;2-1-3/h3-11,14-15,19-20,26H,12-13,16H2,1-2H3,(H,27,29);1H,(H,2,3). The summed E-state index contributed by atoms with van der Waals surface area (Å²) in [5.41, 5.74) is 4.84. The van der Waals surface area contributed by atoms with Crippen LogP contribution in [0, 0.1) is 24.2 Å². The zero-order valence-electron chi connectivity index (χ0n) is 18.4. The molecule has 3 N–H and O–H groups in total. The Bertz CT molecular complexity index is 1130. The number of fused-ring (bicyclic) bond motifs is 1. The molecule has 4 rings (SSSR count). The lowest BCUT2D eigenvalue weighted by Gasteiger charge is -2.28. The van der Waals surface area contributed by atoms with E-state index >= 15 is 0 Å². The molecule has 0 aliphatic heterocycles. The fraction of sp³-hybridized carbons (Fsp3) is 0.269. The SMILES string of the molecule is Cc1c(C(=N)C2CC=CCC2C(=O)NCc2ccccc2)c2ccccc2n1C.O=CO. The average Bonchev–Trinajstić information content (AvgIpc) is 3.08. The molecule has 1 heterocycles. The van der Waals surface area contributed by atoms with Crippen molar-refractivity contribution in [2.24, 2.45) is 18.9 Å². The van der Waals surface area contributed by atoms with Gasteiger partial charge in [0, 0.05) is 47.4 Å². The van der Waals surface area contributed by atoms with E-state index in [-0.39, 0.29) is 24.2 Å². The van der Waals surface area contributed by atoms with Crippen molar-refractivity contribution in [1.29, 1.82) is 5.41 Å². The molecular formula is C26H29N3O3. The van der Waals surface area contributed by atoms with E-state index in [1.165, 1.54) is 0 Å². The molecule has 1 aliphatic rings. The molecule has 0 radical (unpaired) electrons. The number of carboxylic acid groups (broad SMARTS) is 1. The van der Waals surface area contributed by atoms with E-state index in [0.717, 1.165) is 34.1 Å². The van der Waals surface area contributed by atoms with E-state index in [0.29, 0.717) is 18.7 Å². The first-order chi connectivity index (χ1) is 15.5. The van der Waals surface area contributed by atoms with Crippen LogP contribution in [0.15, 0.2) is 66.7 Å². The molecule has 0 saturated carbocycles. The molecule has 2 atom stereocenters. The number of para-hydroxylation sites is 1. The third-order valence-electron chi connectivity index (χ3n) is 6.12. The average molecular weight is 432 g/mol. The summed E-state index contributed by atoms with van der Waals surface area (Å²) in [6.07, 6.45) is 5.59. The number of aromatic nitrogens is 1. The summed E-state index contributed by atoms with van der Waals surface area (Å²) in [6, 6.07) is 18.2. The quantitative estimate of drug-likeness (QED) is 0.316. The summed E-state index contributed by atoms with van der Waals surface area (Å²) < 4.78 is 2.14. The van der Waals surface area contributed by atoms with E-state index in [4.69, 9.17) is 15.3 Å². The van der Waals surface area contributed by atoms with Crippen LogP contribution in [-0.2, 0) is 23.2 Å². The van der Waals surface area contributed by atoms with Crippen LogP contribution >= 0.6 is 0 Å². The Labute approximate surface area is 188 Å². The number of hydrogen-bond acceptors (Lipinski definition) is 3. The fourth-order valence-electron chi connectivity index (χ4n) is 4.39. The molecule has 0 saturated heterocycles. The lowest BCUT2D eigenvalue weighted by molar-refractivity contribution is -0.126. The maximum atomic E-state index is 13.0. The highest BCUT2D eigenvalue weighted by atomic mass is 16.3. The van der Waals surface area contributed by atoms with Gasteiger partial charge in [-0.15, -0.1) is 0 Å². The van der Waals surface area contributed by atoms with E-state index in [2.05, 4.69) is 41.1 Å². The normalized spacial score (nSPS) is 17.3. The second-order valence-corrected chi connectivity index (χ2v) is 7.91. The minimum absolute atomic E-state index is 0.0332. The number of carbonyl (C=O) groups is 2. The summed E-state index contributed by atoms with van der Waals surface area (Å²) in [7, 11) is 2.04. The van der Waals surface area contributed by atoms with Gasteiger partial charge in [0.25, 0.3) is 6.47 Å². The zero-order chi connectivity index (χ0) is 23.1. The Morgan fingerprint density at radius 3 is 2.38 bits per heavy atom. The molecule has 0 bridgehead atoms. The molecule has 6 heteroatoms. The van der Waals surface area contributed by atoms with Crippen LogP contribution in [0.5, 0.6) is 0 Å². The maximum Gasteiger partial charge on any atom is 0.290 e. The van der Waals surface area contributed by atoms with Crippen molar-refractivity contribution in [3.05, 3.63) is 83.6 Å². The van der Waals surface area contributed by atoms with Gasteiger partial charge in [-0.25, -0.2) is 0 Å². The van der Waals surface area contributed by atoms with Gasteiger partial charge < -0.3 is 20.4 Å². The minimum Gasteiger partial charge on any atom is -0.483 e. The molecular weight excluding hydrogens is 402 g/mol. The first kappa shape index (κ1) is 23.0. The predicted octanol–water partition coefficient (Wildman–Crippen LogP) is 4.45. The Balaban J connectivity index is 0.000000913. The number of amides is 1. The summed E-state index contributed by atoms with van der Waals surface area (Å²) >= 11 is 0. The van der Waals surface area contributed by atoms with Crippen LogP contribution in [0.25, 0.3) is 10.9 Å². The Morgan fingerprint density at radius 1 is 1.09 bits per heavy atom. The van der Waals surface area contributed by atoms with Crippen molar-refractivity contribution in [1.82, 2.24) is 9.88 Å². The highest BCUT2D eigenvalue weighted by molar-refractivity contribution is 6.13. The maximum absolute atomic E-state index is 13.0. The van der Waals surface area contributed by atoms with Gasteiger partial charge in [-0.05, 0) is 31.4 Å². The number of nitrogens with one attached hydrogen (secondary N) is 2. The number of hydrogen-bond donors (Lipinski definition) is 3. The summed E-state index contributed by atoms with van der Waals surface area (Å²) in [5, 5.41) is 20.1. The number of nitrogens with zero attached hydrogens (tertiary/aromatic N) is 1. The highest BCUT2D eigenvalue weighted by Crippen LogP contribution is 2.34. The van der Waals surface area contributed by atoms with Gasteiger partial charge in [0.15, 0.2) is 0 Å². The zero-order valence-corrected chi connectivity index (χ0v) is 18.4. The van der Waals surface area contributed by atoms with Crippen LogP contribution in [-0.4, -0.2) is 27.8 Å². The number of carbonyl (C=O) groups excluding carboxylic acids is 1. The molecule has 0 fully saturated rings. The van der Waals surface area contributed by atoms with Gasteiger partial charge in [0.05, 0.1) is 5.92 Å². The highest BCUT2D eigenvalue weighted by Gasteiger charge is 2.34. The number of benzene rings is 2. The molecule has 0 spiro atoms. The smallest absolute Gasteiger partial charge is 0.290 e. The second-order valence-electron chi connectivity index (χ2n) is 7.91. The van der Waals surface area contributed by atoms with Gasteiger partial charge in [-0.3, -0.25) is 9.59 Å². The van der Waals surface area contributed by atoms with Crippen LogP contribution in [0.3, 0.4) is 0 Å². The molecule has 2 aromatic carbocycles. The Kier molecular flexibility index (Phi) is 7.60. The molecule has 1 aliphatic carbocycles. The lowest BCUT2D eigenvalue weighted by atomic mass is 9.77. The minimum atomic E-state index is -0.250. The predicted molar refractivity (Wildman–Crippen MR) is 127 cm³/mol. The van der Waals surface area contributed by atoms with Crippen LogP contribution < -0.4 is 5.32 Å². The molecule has 1 aromatic heterocycles. The van der Waals surface area contributed by atoms with Crippen molar-refractivity contribution in [3.63, 3.8) is 0 Å². The van der Waals surface area contributed by atoms with Gasteiger partial charge in [0.1, 0.15) is 0 Å². The summed E-state index contributed by atoms with van der Waals surface area (Å²) in [5.74, 6) is -0.291. The van der Waals surface area contributed by atoms with Crippen LogP contribution in [0.4, 0.5) is 0 Å². The van der Waals surface area contributed by atoms with Crippen LogP contribution in [0.2, 0.25) is 0 Å². The molecule has 2 unspecified atom stereocenters. The van der Waals surface area contributed by atoms with E-state index < -0.39 is 0 Å². The number of allylic oxidation sites excluding steroid dienone is 2. The third-order valence-corrected chi connectivity index (χ3v) is 6.12. The van der Waals surface area contributed by atoms with Gasteiger partial charge in [0.2, 0.25) is 5.91 Å². The number of rotatable bonds is 5. The summed E-state index contributed by atoms with van der Waals surface area (Å²) in [6.45, 7) is 2.33. The van der Waals surface area contributed by atoms with E-state index in [1.807, 2.05) is 49.5 Å². The van der Waals surface area contributed by atoms with Crippen molar-refractivity contribution in [2.45, 2.75) is 26.3 Å². The van der Waals surface area contributed by atoms with Crippen molar-refractivity contribution in [3.8, 4) is 0 Å². The Hall–Kier alpha value is -3.67. The molecule has 3 aromatic rings. The summed E-state index contributed by atoms with van der Waals surface area (Å²) in [4.78, 5) is 21.4. The van der Waals surface area contributed by atoms with E-state index in [9.17, 15) is 4.79 Å². The first-order valence-corrected chi connectivity index (χ1v) is 10.7. The van der Waals surface area contributed by atoms with Crippen molar-refractivity contribution >= 4 is 29.0 Å². The lowest BCUT2D eigenvalue weighted by Crippen LogP contribution is -2.38. The van der Waals surface area contributed by atoms with Gasteiger partial charge in [-0.1, -0.05) is 60.7 Å². The first-order valence-electron chi connectivity index (χ1n) is 10.7. The monoisotopic (exact) mass is 431 g/mol. The molecule has 1 amide bonds. The van der Waals surface area contributed by atoms with Crippen molar-refractivity contribution in [2.75, 3.05) is 0 Å². The fourth-order valence-corrected chi connectivity index (χ4v) is 4.39. The van der Waals surface area contributed by atoms with Gasteiger partial charge in [-0.2, -0.15) is 0 Å². The Morgan fingerprint density at radius 2 is 1.69 bits per heavy atom. The topological polar surface area (TPSA) is 95.2 Å². The molecule has 6 nitrogen and oxygen atoms in total.